The summed E-state index contributed by atoms with van der Waals surface area (Å²) in [7, 11) is 0. The smallest absolute Gasteiger partial charge is 0.267 e. The van der Waals surface area contributed by atoms with E-state index in [2.05, 4.69) is 34.8 Å². The van der Waals surface area contributed by atoms with E-state index < -0.39 is 0 Å². The molecule has 0 unspecified atom stereocenters. The quantitative estimate of drug-likeness (QED) is 0.499. The van der Waals surface area contributed by atoms with Gasteiger partial charge in [-0.05, 0) is 60.9 Å². The van der Waals surface area contributed by atoms with E-state index >= 15 is 0 Å². The zero-order chi connectivity index (χ0) is 16.1. The molecule has 0 bridgehead atoms. The molecule has 23 heavy (non-hydrogen) atoms. The summed E-state index contributed by atoms with van der Waals surface area (Å²) in [6.07, 6.45) is 1.92. The van der Waals surface area contributed by atoms with Crippen molar-refractivity contribution >= 4 is 49.3 Å². The third-order valence-corrected chi connectivity index (χ3v) is 5.46. The molecule has 2 aromatic heterocycles. The van der Waals surface area contributed by atoms with Gasteiger partial charge in [-0.3, -0.25) is 4.79 Å². The number of benzene rings is 2. The minimum atomic E-state index is -0.00396. The molecule has 0 aliphatic rings. The molecule has 0 saturated carbocycles. The second-order valence-corrected chi connectivity index (χ2v) is 7.55. The normalized spacial score (nSPS) is 12.6. The molecule has 4 aromatic rings. The number of hydrogen-bond donors (Lipinski definition) is 0. The number of nitrogens with zero attached hydrogens (tertiary/aromatic N) is 2. The molecule has 0 amide bonds. The monoisotopic (exact) mass is 384 g/mol. The van der Waals surface area contributed by atoms with Gasteiger partial charge in [0.2, 0.25) is 0 Å². The Morgan fingerprint density at radius 2 is 1.96 bits per heavy atom. The van der Waals surface area contributed by atoms with Crippen molar-refractivity contribution in [2.24, 2.45) is 0 Å². The Balaban J connectivity index is 2.02. The van der Waals surface area contributed by atoms with Gasteiger partial charge in [-0.2, -0.15) is 0 Å². The van der Waals surface area contributed by atoms with Crippen molar-refractivity contribution in [3.05, 3.63) is 72.4 Å². The lowest BCUT2D eigenvalue weighted by Crippen LogP contribution is -2.22. The Bertz CT molecular complexity index is 1170. The summed E-state index contributed by atoms with van der Waals surface area (Å²) < 4.78 is 3.42. The van der Waals surface area contributed by atoms with E-state index in [1.165, 1.54) is 22.5 Å². The predicted octanol–water partition coefficient (Wildman–Crippen LogP) is 3.84. The van der Waals surface area contributed by atoms with Crippen molar-refractivity contribution in [2.75, 3.05) is 0 Å². The molecule has 0 spiro atoms. The summed E-state index contributed by atoms with van der Waals surface area (Å²) in [5, 5.41) is 0. The zero-order valence-corrected chi connectivity index (χ0v) is 15.0. The second kappa shape index (κ2) is 5.28. The fraction of sp³-hybridized carbons (Fsp3) is 0.111. The van der Waals surface area contributed by atoms with Crippen molar-refractivity contribution < 1.29 is 0 Å². The van der Waals surface area contributed by atoms with Gasteiger partial charge in [-0.25, -0.2) is 9.38 Å². The summed E-state index contributed by atoms with van der Waals surface area (Å²) in [5.41, 5.74) is 5.12. The van der Waals surface area contributed by atoms with Crippen LogP contribution in [0.5, 0.6) is 0 Å². The molecule has 2 heterocycles. The van der Waals surface area contributed by atoms with Crippen LogP contribution in [0.2, 0.25) is 0 Å². The van der Waals surface area contributed by atoms with Crippen LogP contribution < -0.4 is 10.1 Å². The number of aromatic nitrogens is 2. The van der Waals surface area contributed by atoms with Crippen LogP contribution in [0.15, 0.2) is 45.7 Å². The van der Waals surface area contributed by atoms with Crippen molar-refractivity contribution in [1.82, 2.24) is 9.38 Å². The topological polar surface area (TPSA) is 34.4 Å². The highest BCUT2D eigenvalue weighted by atomic mass is 79.9. The van der Waals surface area contributed by atoms with Gasteiger partial charge in [0, 0.05) is 4.47 Å². The lowest BCUT2D eigenvalue weighted by Gasteiger charge is -1.98. The summed E-state index contributed by atoms with van der Waals surface area (Å²) in [5.74, 6) is 0. The molecule has 5 heteroatoms. The van der Waals surface area contributed by atoms with Crippen LogP contribution in [0.1, 0.15) is 16.7 Å². The first kappa shape index (κ1) is 14.6. The highest BCUT2D eigenvalue weighted by molar-refractivity contribution is 9.10. The maximum Gasteiger partial charge on any atom is 0.274 e. The maximum absolute atomic E-state index is 12.8. The van der Waals surface area contributed by atoms with Crippen LogP contribution in [0, 0.1) is 13.8 Å². The Morgan fingerprint density at radius 3 is 2.74 bits per heavy atom. The Morgan fingerprint density at radius 1 is 1.17 bits per heavy atom. The lowest BCUT2D eigenvalue weighted by atomic mass is 10.1. The number of halogens is 1. The van der Waals surface area contributed by atoms with Gasteiger partial charge in [0.15, 0.2) is 4.96 Å². The Kier molecular flexibility index (Phi) is 3.36. The van der Waals surface area contributed by atoms with Gasteiger partial charge in [-0.15, -0.1) is 0 Å². The second-order valence-electron chi connectivity index (χ2n) is 5.63. The summed E-state index contributed by atoms with van der Waals surface area (Å²) >= 11 is 4.89. The highest BCUT2D eigenvalue weighted by Gasteiger charge is 2.12. The van der Waals surface area contributed by atoms with Crippen molar-refractivity contribution in [3.63, 3.8) is 0 Å². The van der Waals surface area contributed by atoms with Crippen molar-refractivity contribution in [3.8, 4) is 0 Å². The van der Waals surface area contributed by atoms with Gasteiger partial charge in [-0.1, -0.05) is 39.4 Å². The third-order valence-electron chi connectivity index (χ3n) is 4.00. The van der Waals surface area contributed by atoms with E-state index in [9.17, 15) is 4.79 Å². The van der Waals surface area contributed by atoms with E-state index in [4.69, 9.17) is 0 Å². The van der Waals surface area contributed by atoms with Crippen LogP contribution in [0.25, 0.3) is 22.1 Å². The van der Waals surface area contributed by atoms with Crippen LogP contribution >= 0.6 is 27.3 Å². The molecule has 0 saturated heterocycles. The minimum absolute atomic E-state index is 0.00396. The van der Waals surface area contributed by atoms with Gasteiger partial charge >= 0.3 is 0 Å². The maximum atomic E-state index is 12.8. The zero-order valence-electron chi connectivity index (χ0n) is 12.6. The molecule has 0 N–H and O–H groups in total. The van der Waals surface area contributed by atoms with Gasteiger partial charge in [0.25, 0.3) is 5.56 Å². The van der Waals surface area contributed by atoms with E-state index in [1.807, 2.05) is 42.5 Å². The summed E-state index contributed by atoms with van der Waals surface area (Å²) in [6, 6.07) is 12.0. The van der Waals surface area contributed by atoms with E-state index in [-0.39, 0.29) is 5.56 Å². The first-order valence-electron chi connectivity index (χ1n) is 7.22. The highest BCUT2D eigenvalue weighted by Crippen LogP contribution is 2.20. The minimum Gasteiger partial charge on any atom is -0.267 e. The van der Waals surface area contributed by atoms with Crippen molar-refractivity contribution in [2.45, 2.75) is 13.8 Å². The molecular weight excluding hydrogens is 372 g/mol. The Hall–Kier alpha value is -1.98. The van der Waals surface area contributed by atoms with Crippen LogP contribution in [0.4, 0.5) is 0 Å². The molecule has 0 atom stereocenters. The predicted molar refractivity (Wildman–Crippen MR) is 99.2 cm³/mol. The average Bonchev–Trinajstić information content (AvgIpc) is 2.97. The number of fused-ring (bicyclic) bond motifs is 3. The number of rotatable bonds is 1. The molecule has 0 aliphatic carbocycles. The number of thiazole rings is 1. The van der Waals surface area contributed by atoms with Gasteiger partial charge in [0.1, 0.15) is 0 Å². The summed E-state index contributed by atoms with van der Waals surface area (Å²) in [6.45, 7) is 4.12. The average molecular weight is 385 g/mol. The van der Waals surface area contributed by atoms with E-state index in [0.29, 0.717) is 4.53 Å². The van der Waals surface area contributed by atoms with Gasteiger partial charge in [0.05, 0.1) is 15.6 Å². The molecule has 3 nitrogen and oxygen atoms in total. The van der Waals surface area contributed by atoms with Gasteiger partial charge < -0.3 is 0 Å². The lowest BCUT2D eigenvalue weighted by molar-refractivity contribution is 1.18. The molecule has 2 aromatic carbocycles. The number of aryl methyl sites for hydroxylation is 2. The molecule has 114 valence electrons. The standard InChI is InChI=1S/C18H13BrN2OS/c1-10-6-14-15(7-11(10)2)21-17(22)16(23-18(21)20-14)9-12-4-3-5-13(19)8-12/h3-9H,1-2H3. The number of imidazole rings is 1. The van der Waals surface area contributed by atoms with Crippen LogP contribution in [-0.4, -0.2) is 9.38 Å². The van der Waals surface area contributed by atoms with Crippen LogP contribution in [0.3, 0.4) is 0 Å². The molecule has 4 rings (SSSR count). The van der Waals surface area contributed by atoms with E-state index in [1.54, 1.807) is 4.40 Å². The first-order chi connectivity index (χ1) is 11.0. The first-order valence-corrected chi connectivity index (χ1v) is 8.83. The van der Waals surface area contributed by atoms with E-state index in [0.717, 1.165) is 26.0 Å². The Labute approximate surface area is 145 Å². The SMILES string of the molecule is Cc1cc2nc3sc(=Cc4cccc(Br)c4)c(=O)n3c2cc1C. The molecule has 0 radical (unpaired) electrons. The largest absolute Gasteiger partial charge is 0.274 e. The summed E-state index contributed by atoms with van der Waals surface area (Å²) in [4.78, 5) is 18.1. The molecule has 0 aliphatic heterocycles. The fourth-order valence-electron chi connectivity index (χ4n) is 2.67. The fourth-order valence-corrected chi connectivity index (χ4v) is 4.07. The third kappa shape index (κ3) is 2.40. The molecular formula is C18H13BrN2OS. The van der Waals surface area contributed by atoms with Crippen molar-refractivity contribution in [1.29, 1.82) is 0 Å². The van der Waals surface area contributed by atoms with Crippen LogP contribution in [-0.2, 0) is 0 Å². The number of hydrogen-bond acceptors (Lipinski definition) is 3. The molecule has 0 fully saturated rings.